The van der Waals surface area contributed by atoms with Gasteiger partial charge in [0.05, 0.1) is 0 Å². The summed E-state index contributed by atoms with van der Waals surface area (Å²) in [5.74, 6) is -0.188. The smallest absolute Gasteiger partial charge is 0.235 e. The molecule has 0 bridgehead atoms. The highest BCUT2D eigenvalue weighted by Crippen LogP contribution is 1.91. The largest absolute Gasteiger partial charge is 0.355 e. The molecule has 8 heteroatoms. The number of carbonyl (C=O) groups is 1. The number of H-pyrrole nitrogens is 1. The lowest BCUT2D eigenvalue weighted by Crippen LogP contribution is -2.30. The first kappa shape index (κ1) is 12.6. The summed E-state index contributed by atoms with van der Waals surface area (Å²) in [6.07, 6.45) is 3.79. The van der Waals surface area contributed by atoms with Crippen molar-refractivity contribution in [3.63, 3.8) is 0 Å². The molecule has 7 nitrogen and oxygen atoms in total. The number of aromatic nitrogens is 3. The van der Waals surface area contributed by atoms with Gasteiger partial charge in [-0.3, -0.25) is 9.89 Å². The fourth-order valence-electron chi connectivity index (χ4n) is 1.12. The lowest BCUT2D eigenvalue weighted by Gasteiger charge is -2.02. The van der Waals surface area contributed by atoms with Crippen molar-refractivity contribution in [3.05, 3.63) is 12.2 Å². The van der Waals surface area contributed by atoms with E-state index < -0.39 is 21.5 Å². The number of sulfone groups is 1. The second kappa shape index (κ2) is 5.59. The molecule has 0 aromatic carbocycles. The van der Waals surface area contributed by atoms with Gasteiger partial charge >= 0.3 is 0 Å². The van der Waals surface area contributed by atoms with Gasteiger partial charge in [0, 0.05) is 19.2 Å². The van der Waals surface area contributed by atoms with Crippen LogP contribution in [0.15, 0.2) is 6.33 Å². The monoisotopic (exact) mass is 246 g/mol. The van der Waals surface area contributed by atoms with E-state index in [0.29, 0.717) is 19.4 Å². The van der Waals surface area contributed by atoms with Gasteiger partial charge in [0.15, 0.2) is 9.84 Å². The Balaban J connectivity index is 2.14. The van der Waals surface area contributed by atoms with Crippen LogP contribution in [0.1, 0.15) is 12.2 Å². The summed E-state index contributed by atoms with van der Waals surface area (Å²) in [7, 11) is -3.24. The molecule has 16 heavy (non-hydrogen) atoms. The third kappa shape index (κ3) is 5.44. The van der Waals surface area contributed by atoms with E-state index >= 15 is 0 Å². The molecule has 0 aliphatic rings. The van der Waals surface area contributed by atoms with Gasteiger partial charge in [0.2, 0.25) is 5.91 Å². The van der Waals surface area contributed by atoms with E-state index in [-0.39, 0.29) is 0 Å². The van der Waals surface area contributed by atoms with E-state index in [0.717, 1.165) is 12.1 Å². The Morgan fingerprint density at radius 1 is 1.56 bits per heavy atom. The molecule has 0 fully saturated rings. The molecule has 0 aliphatic carbocycles. The van der Waals surface area contributed by atoms with E-state index in [2.05, 4.69) is 20.5 Å². The van der Waals surface area contributed by atoms with Crippen molar-refractivity contribution in [2.24, 2.45) is 0 Å². The number of rotatable bonds is 6. The minimum Gasteiger partial charge on any atom is -0.355 e. The molecule has 1 aromatic rings. The number of carbonyl (C=O) groups excluding carboxylic acids is 1. The summed E-state index contributed by atoms with van der Waals surface area (Å²) in [6.45, 7) is 0.426. The van der Waals surface area contributed by atoms with Gasteiger partial charge in [-0.1, -0.05) is 0 Å². The molecular formula is C8H14N4O3S. The van der Waals surface area contributed by atoms with Crippen molar-refractivity contribution in [2.75, 3.05) is 18.6 Å². The van der Waals surface area contributed by atoms with E-state index in [1.165, 1.54) is 6.33 Å². The van der Waals surface area contributed by atoms with Crippen molar-refractivity contribution < 1.29 is 13.2 Å². The third-order valence-corrected chi connectivity index (χ3v) is 2.56. The molecule has 1 amide bonds. The maximum absolute atomic E-state index is 11.1. The maximum Gasteiger partial charge on any atom is 0.235 e. The van der Waals surface area contributed by atoms with Crippen molar-refractivity contribution in [3.8, 4) is 0 Å². The predicted octanol–water partition coefficient (Wildman–Crippen LogP) is -1.10. The van der Waals surface area contributed by atoms with Crippen LogP contribution < -0.4 is 5.32 Å². The highest BCUT2D eigenvalue weighted by molar-refractivity contribution is 7.91. The van der Waals surface area contributed by atoms with E-state index in [4.69, 9.17) is 0 Å². The van der Waals surface area contributed by atoms with Gasteiger partial charge in [-0.05, 0) is 6.42 Å². The molecule has 0 saturated carbocycles. The number of aromatic amines is 1. The second-order valence-electron chi connectivity index (χ2n) is 3.46. The van der Waals surface area contributed by atoms with Gasteiger partial charge in [-0.2, -0.15) is 5.10 Å². The lowest BCUT2D eigenvalue weighted by atomic mass is 10.3. The summed E-state index contributed by atoms with van der Waals surface area (Å²) >= 11 is 0. The number of hydrogen-bond acceptors (Lipinski definition) is 5. The lowest BCUT2D eigenvalue weighted by molar-refractivity contribution is -0.118. The Kier molecular flexibility index (Phi) is 4.41. The number of aryl methyl sites for hydroxylation is 1. The number of nitrogens with one attached hydrogen (secondary N) is 2. The molecule has 0 saturated heterocycles. The molecule has 0 aliphatic heterocycles. The van der Waals surface area contributed by atoms with Crippen LogP contribution in [0.3, 0.4) is 0 Å². The average Bonchev–Trinajstić information content (AvgIpc) is 2.62. The summed E-state index contributed by atoms with van der Waals surface area (Å²) in [6, 6.07) is 0. The number of hydrogen-bond donors (Lipinski definition) is 2. The van der Waals surface area contributed by atoms with Crippen LogP contribution in [0.2, 0.25) is 0 Å². The van der Waals surface area contributed by atoms with E-state index in [9.17, 15) is 13.2 Å². The van der Waals surface area contributed by atoms with Gasteiger partial charge in [-0.15, -0.1) is 0 Å². The SMILES string of the molecule is CS(=O)(=O)CC(=O)NCCCc1ncn[nH]1. The molecule has 0 atom stereocenters. The Hall–Kier alpha value is -1.44. The molecule has 1 rings (SSSR count). The first-order chi connectivity index (χ1) is 7.47. The highest BCUT2D eigenvalue weighted by Gasteiger charge is 2.09. The van der Waals surface area contributed by atoms with Crippen molar-refractivity contribution in [1.82, 2.24) is 20.5 Å². The Morgan fingerprint density at radius 2 is 2.31 bits per heavy atom. The van der Waals surface area contributed by atoms with Crippen molar-refractivity contribution in [2.45, 2.75) is 12.8 Å². The van der Waals surface area contributed by atoms with Crippen LogP contribution in [-0.4, -0.2) is 48.1 Å². The zero-order valence-corrected chi connectivity index (χ0v) is 9.75. The van der Waals surface area contributed by atoms with Crippen molar-refractivity contribution in [1.29, 1.82) is 0 Å². The number of amides is 1. The fourth-order valence-corrected chi connectivity index (χ4v) is 1.70. The van der Waals surface area contributed by atoms with E-state index in [1.807, 2.05) is 0 Å². The topological polar surface area (TPSA) is 105 Å². The Bertz CT molecular complexity index is 426. The maximum atomic E-state index is 11.1. The summed E-state index contributed by atoms with van der Waals surface area (Å²) < 4.78 is 21.6. The second-order valence-corrected chi connectivity index (χ2v) is 5.60. The quantitative estimate of drug-likeness (QED) is 0.620. The van der Waals surface area contributed by atoms with Crippen LogP contribution >= 0.6 is 0 Å². The predicted molar refractivity (Wildman–Crippen MR) is 57.4 cm³/mol. The minimum atomic E-state index is -3.24. The molecular weight excluding hydrogens is 232 g/mol. The average molecular weight is 246 g/mol. The molecule has 0 radical (unpaired) electrons. The summed E-state index contributed by atoms with van der Waals surface area (Å²) in [4.78, 5) is 15.0. The zero-order valence-electron chi connectivity index (χ0n) is 8.93. The first-order valence-electron chi connectivity index (χ1n) is 4.76. The molecule has 1 aromatic heterocycles. The summed E-state index contributed by atoms with van der Waals surface area (Å²) in [5, 5.41) is 8.90. The molecule has 2 N–H and O–H groups in total. The normalized spacial score (nSPS) is 11.3. The highest BCUT2D eigenvalue weighted by atomic mass is 32.2. The van der Waals surface area contributed by atoms with Crippen LogP contribution in [0.4, 0.5) is 0 Å². The Labute approximate surface area is 93.6 Å². The van der Waals surface area contributed by atoms with Crippen LogP contribution in [0.5, 0.6) is 0 Å². The van der Waals surface area contributed by atoms with Gasteiger partial charge < -0.3 is 5.32 Å². The Morgan fingerprint density at radius 3 is 2.88 bits per heavy atom. The van der Waals surface area contributed by atoms with Crippen molar-refractivity contribution >= 4 is 15.7 Å². The van der Waals surface area contributed by atoms with Crippen LogP contribution in [0.25, 0.3) is 0 Å². The zero-order chi connectivity index (χ0) is 12.0. The number of nitrogens with zero attached hydrogens (tertiary/aromatic N) is 2. The fraction of sp³-hybridized carbons (Fsp3) is 0.625. The third-order valence-electron chi connectivity index (χ3n) is 1.77. The first-order valence-corrected chi connectivity index (χ1v) is 6.82. The molecule has 90 valence electrons. The van der Waals surface area contributed by atoms with Gasteiger partial charge in [-0.25, -0.2) is 13.4 Å². The van der Waals surface area contributed by atoms with E-state index in [1.54, 1.807) is 0 Å². The molecule has 0 unspecified atom stereocenters. The standard InChI is InChI=1S/C8H14N4O3S/c1-16(14,15)5-8(13)9-4-2-3-7-10-6-11-12-7/h6H,2-5H2,1H3,(H,9,13)(H,10,11,12). The summed E-state index contributed by atoms with van der Waals surface area (Å²) in [5.41, 5.74) is 0. The minimum absolute atomic E-state index is 0.426. The van der Waals surface area contributed by atoms with Gasteiger partial charge in [0.25, 0.3) is 0 Å². The van der Waals surface area contributed by atoms with Crippen LogP contribution in [0, 0.1) is 0 Å². The molecule has 1 heterocycles. The van der Waals surface area contributed by atoms with Gasteiger partial charge in [0.1, 0.15) is 17.9 Å². The van der Waals surface area contributed by atoms with Crippen LogP contribution in [-0.2, 0) is 21.1 Å². The molecule has 0 spiro atoms.